The minimum absolute atomic E-state index is 0.122. The molecule has 7 nitrogen and oxygen atoms in total. The van der Waals surface area contributed by atoms with Crippen molar-refractivity contribution in [2.24, 2.45) is 0 Å². The van der Waals surface area contributed by atoms with E-state index >= 15 is 0 Å². The van der Waals surface area contributed by atoms with Gasteiger partial charge in [-0.3, -0.25) is 9.89 Å². The molecule has 7 heteroatoms. The highest BCUT2D eigenvalue weighted by Crippen LogP contribution is 2.30. The third-order valence-electron chi connectivity index (χ3n) is 5.53. The number of aromatic amines is 2. The highest BCUT2D eigenvalue weighted by atomic mass is 16.5. The Morgan fingerprint density at radius 1 is 0.970 bits per heavy atom. The zero-order chi connectivity index (χ0) is 22.9. The van der Waals surface area contributed by atoms with Gasteiger partial charge in [0.2, 0.25) is 0 Å². The van der Waals surface area contributed by atoms with Crippen LogP contribution in [-0.2, 0) is 0 Å². The highest BCUT2D eigenvalue weighted by Gasteiger charge is 2.17. The van der Waals surface area contributed by atoms with E-state index < -0.39 is 0 Å². The van der Waals surface area contributed by atoms with E-state index in [-0.39, 0.29) is 23.9 Å². The van der Waals surface area contributed by atoms with E-state index in [0.717, 1.165) is 39.0 Å². The largest absolute Gasteiger partial charge is 0.491 e. The third kappa shape index (κ3) is 4.17. The van der Waals surface area contributed by atoms with Crippen LogP contribution in [0.3, 0.4) is 0 Å². The molecule has 1 unspecified atom stereocenters. The second kappa shape index (κ2) is 8.43. The van der Waals surface area contributed by atoms with E-state index in [2.05, 4.69) is 25.5 Å². The summed E-state index contributed by atoms with van der Waals surface area (Å²) in [6.45, 7) is 5.96. The van der Waals surface area contributed by atoms with Gasteiger partial charge in [-0.2, -0.15) is 5.10 Å². The predicted octanol–water partition coefficient (Wildman–Crippen LogP) is 5.38. The molecule has 5 rings (SSSR count). The molecule has 5 aromatic rings. The zero-order valence-electron chi connectivity index (χ0n) is 18.7. The van der Waals surface area contributed by atoms with Crippen LogP contribution >= 0.6 is 0 Å². The first-order valence-electron chi connectivity index (χ1n) is 11.0. The third-order valence-corrected chi connectivity index (χ3v) is 5.53. The summed E-state index contributed by atoms with van der Waals surface area (Å²) < 4.78 is 5.73. The maximum absolute atomic E-state index is 12.8. The number of rotatable bonds is 6. The lowest BCUT2D eigenvalue weighted by atomic mass is 10.1. The molecule has 33 heavy (non-hydrogen) atoms. The average Bonchev–Trinajstić information content (AvgIpc) is 3.42. The lowest BCUT2D eigenvalue weighted by molar-refractivity contribution is 0.0930. The van der Waals surface area contributed by atoms with Gasteiger partial charge < -0.3 is 15.0 Å². The van der Waals surface area contributed by atoms with E-state index in [9.17, 15) is 4.79 Å². The second-order valence-corrected chi connectivity index (χ2v) is 8.37. The van der Waals surface area contributed by atoms with Crippen molar-refractivity contribution in [1.82, 2.24) is 25.5 Å². The van der Waals surface area contributed by atoms with Crippen LogP contribution < -0.4 is 10.1 Å². The number of carbonyl (C=O) groups is 1. The summed E-state index contributed by atoms with van der Waals surface area (Å²) in [5.41, 5.74) is 5.19. The van der Waals surface area contributed by atoms with Gasteiger partial charge >= 0.3 is 0 Å². The molecule has 0 aliphatic rings. The summed E-state index contributed by atoms with van der Waals surface area (Å²) in [7, 11) is 0. The SMILES string of the molecule is CC(C)Oc1ccc(-c2n[nH]c3cc4[nH]c(C(=O)NC(C)c5ccccc5)nc4cc23)cc1. The Labute approximate surface area is 191 Å². The number of hydrogen-bond donors (Lipinski definition) is 3. The molecule has 0 spiro atoms. The van der Waals surface area contributed by atoms with E-state index in [4.69, 9.17) is 4.74 Å². The number of imidazole rings is 1. The normalized spacial score (nSPS) is 12.4. The van der Waals surface area contributed by atoms with Gasteiger partial charge in [0, 0.05) is 10.9 Å². The number of nitrogens with zero attached hydrogens (tertiary/aromatic N) is 2. The Hall–Kier alpha value is -4.13. The molecule has 0 bridgehead atoms. The number of aromatic nitrogens is 4. The number of carbonyl (C=O) groups excluding carboxylic acids is 1. The zero-order valence-corrected chi connectivity index (χ0v) is 18.7. The number of H-pyrrole nitrogens is 2. The predicted molar refractivity (Wildman–Crippen MR) is 129 cm³/mol. The average molecular weight is 440 g/mol. The molecule has 2 aromatic heterocycles. The summed E-state index contributed by atoms with van der Waals surface area (Å²) in [5.74, 6) is 0.860. The van der Waals surface area contributed by atoms with Crippen molar-refractivity contribution in [1.29, 1.82) is 0 Å². The Morgan fingerprint density at radius 2 is 1.73 bits per heavy atom. The van der Waals surface area contributed by atoms with Gasteiger partial charge in [-0.1, -0.05) is 30.3 Å². The van der Waals surface area contributed by atoms with Gasteiger partial charge in [0.05, 0.1) is 34.4 Å². The van der Waals surface area contributed by atoms with E-state index in [0.29, 0.717) is 5.52 Å². The van der Waals surface area contributed by atoms with Crippen molar-refractivity contribution in [2.75, 3.05) is 0 Å². The molecular weight excluding hydrogens is 414 g/mol. The first-order chi connectivity index (χ1) is 16.0. The fourth-order valence-corrected chi connectivity index (χ4v) is 3.90. The Bertz CT molecular complexity index is 1420. The quantitative estimate of drug-likeness (QED) is 0.331. The van der Waals surface area contributed by atoms with Crippen LogP contribution in [0.4, 0.5) is 0 Å². The van der Waals surface area contributed by atoms with Crippen LogP contribution in [0.25, 0.3) is 33.2 Å². The first-order valence-corrected chi connectivity index (χ1v) is 11.0. The topological polar surface area (TPSA) is 95.7 Å². The second-order valence-electron chi connectivity index (χ2n) is 8.37. The van der Waals surface area contributed by atoms with E-state index in [1.54, 1.807) is 0 Å². The van der Waals surface area contributed by atoms with E-state index in [1.807, 2.05) is 87.5 Å². The number of ether oxygens (including phenoxy) is 1. The number of amides is 1. The molecule has 0 radical (unpaired) electrons. The van der Waals surface area contributed by atoms with Crippen LogP contribution in [0.1, 0.15) is 43.0 Å². The van der Waals surface area contributed by atoms with Crippen LogP contribution in [0.15, 0.2) is 66.7 Å². The van der Waals surface area contributed by atoms with Gasteiger partial charge in [0.1, 0.15) is 5.75 Å². The van der Waals surface area contributed by atoms with Crippen LogP contribution in [0.2, 0.25) is 0 Å². The molecule has 1 amide bonds. The number of benzene rings is 3. The molecule has 1 atom stereocenters. The molecule has 0 fully saturated rings. The maximum atomic E-state index is 12.8. The highest BCUT2D eigenvalue weighted by molar-refractivity contribution is 6.02. The molecule has 0 aliphatic carbocycles. The fourth-order valence-electron chi connectivity index (χ4n) is 3.90. The van der Waals surface area contributed by atoms with Gasteiger partial charge in [-0.05, 0) is 62.7 Å². The van der Waals surface area contributed by atoms with Crippen LogP contribution in [-0.4, -0.2) is 32.2 Å². The number of nitrogens with one attached hydrogen (secondary N) is 3. The lowest BCUT2D eigenvalue weighted by Crippen LogP contribution is -2.27. The molecular formula is C26H25N5O2. The summed E-state index contributed by atoms with van der Waals surface area (Å²) in [6.07, 6.45) is 0.122. The van der Waals surface area contributed by atoms with Crippen molar-refractivity contribution in [3.05, 3.63) is 78.1 Å². The molecule has 0 saturated heterocycles. The minimum Gasteiger partial charge on any atom is -0.491 e. The standard InChI is InChI=1S/C26H25N5O2/c1-15(2)33-19-11-9-18(10-12-19)24-20-13-22-23(14-21(20)30-31-24)29-25(28-22)26(32)27-16(3)17-7-5-4-6-8-17/h4-16H,1-3H3,(H,27,32)(H,28,29)(H,30,31). The van der Waals surface area contributed by atoms with Crippen LogP contribution in [0, 0.1) is 0 Å². The van der Waals surface area contributed by atoms with Crippen molar-refractivity contribution in [3.63, 3.8) is 0 Å². The van der Waals surface area contributed by atoms with Crippen molar-refractivity contribution in [2.45, 2.75) is 32.9 Å². The van der Waals surface area contributed by atoms with Gasteiger partial charge in [-0.15, -0.1) is 0 Å². The van der Waals surface area contributed by atoms with E-state index in [1.165, 1.54) is 0 Å². The Balaban J connectivity index is 1.43. The number of fused-ring (bicyclic) bond motifs is 2. The summed E-state index contributed by atoms with van der Waals surface area (Å²) in [5, 5.41) is 11.5. The maximum Gasteiger partial charge on any atom is 0.287 e. The summed E-state index contributed by atoms with van der Waals surface area (Å²) >= 11 is 0. The Kier molecular flexibility index (Phi) is 5.30. The summed E-state index contributed by atoms with van der Waals surface area (Å²) in [4.78, 5) is 20.5. The van der Waals surface area contributed by atoms with Crippen molar-refractivity contribution in [3.8, 4) is 17.0 Å². The van der Waals surface area contributed by atoms with Gasteiger partial charge in [-0.25, -0.2) is 4.98 Å². The molecule has 0 aliphatic heterocycles. The molecule has 3 N–H and O–H groups in total. The van der Waals surface area contributed by atoms with Gasteiger partial charge in [0.15, 0.2) is 5.82 Å². The molecule has 166 valence electrons. The summed E-state index contributed by atoms with van der Waals surface area (Å²) in [6, 6.07) is 21.5. The molecule has 3 aromatic carbocycles. The van der Waals surface area contributed by atoms with Crippen LogP contribution in [0.5, 0.6) is 5.75 Å². The molecule has 2 heterocycles. The first kappa shape index (κ1) is 20.8. The van der Waals surface area contributed by atoms with Gasteiger partial charge in [0.25, 0.3) is 5.91 Å². The molecule has 0 saturated carbocycles. The smallest absolute Gasteiger partial charge is 0.287 e. The fraction of sp³-hybridized carbons (Fsp3) is 0.192. The van der Waals surface area contributed by atoms with Crippen molar-refractivity contribution >= 4 is 27.8 Å². The monoisotopic (exact) mass is 439 g/mol. The van der Waals surface area contributed by atoms with Crippen molar-refractivity contribution < 1.29 is 9.53 Å². The number of hydrogen-bond acceptors (Lipinski definition) is 4. The lowest BCUT2D eigenvalue weighted by Gasteiger charge is -2.12. The minimum atomic E-state index is -0.245. The Morgan fingerprint density at radius 3 is 2.45 bits per heavy atom.